The van der Waals surface area contributed by atoms with Gasteiger partial charge in [-0.25, -0.2) is 18.3 Å². The summed E-state index contributed by atoms with van der Waals surface area (Å²) in [6, 6.07) is 0.864. The highest BCUT2D eigenvalue weighted by molar-refractivity contribution is 7.61. The minimum atomic E-state index is -5.79. The summed E-state index contributed by atoms with van der Waals surface area (Å²) in [5.41, 5.74) is -1.89. The van der Waals surface area contributed by atoms with E-state index in [9.17, 15) is 63.5 Å². The van der Waals surface area contributed by atoms with E-state index in [2.05, 4.69) is 13.4 Å². The number of hydrogen-bond donors (Lipinski definition) is 9. The predicted octanol–water partition coefficient (Wildman–Crippen LogP) is -4.50. The molecule has 0 aromatic carbocycles. The number of halogens is 1. The molecule has 0 saturated carbocycles. The minimum absolute atomic E-state index is 0.612. The second kappa shape index (κ2) is 11.3. The molecule has 37 heavy (non-hydrogen) atoms. The maximum atomic E-state index is 12.6. The Bertz CT molecular complexity index is 1160. The van der Waals surface area contributed by atoms with Crippen LogP contribution in [-0.4, -0.2) is 112 Å². The van der Waals surface area contributed by atoms with Gasteiger partial charge in [-0.15, -0.1) is 0 Å². The van der Waals surface area contributed by atoms with Crippen molar-refractivity contribution in [2.45, 2.75) is 61.5 Å². The number of alkyl halides is 1. The van der Waals surface area contributed by atoms with E-state index in [4.69, 9.17) is 9.47 Å². The van der Waals surface area contributed by atoms with Crippen molar-refractivity contribution in [2.75, 3.05) is 6.67 Å². The topological polar surface area (TPSA) is 297 Å². The van der Waals surface area contributed by atoms with Crippen LogP contribution in [0, 0.1) is 0 Å². The number of phosphoric ester groups is 2. The Balaban J connectivity index is 1.65. The fourth-order valence-electron chi connectivity index (χ4n) is 3.44. The molecular formula is C15H23FN2O17P2. The monoisotopic (exact) mass is 584 g/mol. The van der Waals surface area contributed by atoms with Crippen LogP contribution in [0.25, 0.3) is 0 Å². The molecule has 2 aliphatic heterocycles. The molecule has 3 heterocycles. The first kappa shape index (κ1) is 30.1. The first-order chi connectivity index (χ1) is 17.1. The molecular weight excluding hydrogens is 561 g/mol. The summed E-state index contributed by atoms with van der Waals surface area (Å²) in [6.45, 7) is -1.44. The maximum Gasteiger partial charge on any atom is 0.483 e. The summed E-state index contributed by atoms with van der Waals surface area (Å²) in [4.78, 5) is 44.4. The van der Waals surface area contributed by atoms with E-state index in [0.29, 0.717) is 4.57 Å². The maximum absolute atomic E-state index is 12.6. The van der Waals surface area contributed by atoms with Crippen LogP contribution in [0.4, 0.5) is 4.39 Å². The average molecular weight is 584 g/mol. The molecule has 3 rings (SSSR count). The third-order valence-corrected chi connectivity index (χ3v) is 7.77. The number of aliphatic hydroxyl groups is 6. The van der Waals surface area contributed by atoms with Crippen LogP contribution >= 0.6 is 15.6 Å². The van der Waals surface area contributed by atoms with Gasteiger partial charge in [0.05, 0.1) is 0 Å². The molecule has 0 bridgehead atoms. The number of aromatic nitrogens is 2. The molecule has 19 nitrogen and oxygen atoms in total. The molecule has 2 aliphatic rings. The van der Waals surface area contributed by atoms with Crippen LogP contribution in [-0.2, 0) is 32.0 Å². The van der Waals surface area contributed by atoms with Crippen molar-refractivity contribution in [3.05, 3.63) is 33.1 Å². The third kappa shape index (κ3) is 6.77. The van der Waals surface area contributed by atoms with Gasteiger partial charge < -0.3 is 49.9 Å². The molecule has 0 radical (unpaired) electrons. The van der Waals surface area contributed by atoms with Crippen molar-refractivity contribution in [1.29, 1.82) is 0 Å². The summed E-state index contributed by atoms with van der Waals surface area (Å²) in [5, 5.41) is 59.3. The highest BCUT2D eigenvalue weighted by atomic mass is 31.3. The molecule has 9 N–H and O–H groups in total. The van der Waals surface area contributed by atoms with Gasteiger partial charge in [-0.1, -0.05) is 0 Å². The normalized spacial score (nSPS) is 37.1. The van der Waals surface area contributed by atoms with Gasteiger partial charge in [0.2, 0.25) is 0 Å². The van der Waals surface area contributed by atoms with E-state index in [1.54, 1.807) is 0 Å². The first-order valence-corrected chi connectivity index (χ1v) is 13.1. The predicted molar refractivity (Wildman–Crippen MR) is 109 cm³/mol. The Labute approximate surface area is 204 Å². The Morgan fingerprint density at radius 1 is 1.00 bits per heavy atom. The number of aromatic amines is 1. The SMILES string of the molecule is O=c1ccn([C@@H]2O[C@H](C(O)OP(=O)(O)OP(=O)(O)O[C@H]3O[C@@H]([C@H](O)CF)[C@H](O)[C@H]3O)[C@@H](O)[C@H]2O)c(=O)[nH]1. The fraction of sp³-hybridized carbons (Fsp3) is 0.733. The van der Waals surface area contributed by atoms with E-state index in [0.717, 1.165) is 12.3 Å². The summed E-state index contributed by atoms with van der Waals surface area (Å²) in [7, 11) is -11.5. The number of H-pyrrole nitrogens is 1. The third-order valence-electron chi connectivity index (χ3n) is 5.16. The van der Waals surface area contributed by atoms with Gasteiger partial charge in [0.25, 0.3) is 5.56 Å². The Morgan fingerprint density at radius 2 is 1.62 bits per heavy atom. The van der Waals surface area contributed by atoms with Crippen LogP contribution < -0.4 is 11.2 Å². The molecule has 2 saturated heterocycles. The lowest BCUT2D eigenvalue weighted by atomic mass is 10.1. The molecule has 1 aromatic heterocycles. The molecule has 2 fully saturated rings. The number of nitrogens with zero attached hydrogens (tertiary/aromatic N) is 1. The van der Waals surface area contributed by atoms with Crippen LogP contribution in [0.1, 0.15) is 6.23 Å². The summed E-state index contributed by atoms with van der Waals surface area (Å²) in [6.07, 6.45) is -19.7. The smallest absolute Gasteiger partial charge is 0.388 e. The quantitative estimate of drug-likeness (QED) is 0.0924. The Morgan fingerprint density at radius 3 is 2.22 bits per heavy atom. The second-order valence-electron chi connectivity index (χ2n) is 7.78. The molecule has 22 heteroatoms. The Hall–Kier alpha value is -1.45. The number of aliphatic hydroxyl groups excluding tert-OH is 6. The van der Waals surface area contributed by atoms with Crippen LogP contribution in [0.2, 0.25) is 0 Å². The van der Waals surface area contributed by atoms with E-state index >= 15 is 0 Å². The lowest BCUT2D eigenvalue weighted by Crippen LogP contribution is -2.40. The minimum Gasteiger partial charge on any atom is -0.388 e. The van der Waals surface area contributed by atoms with Gasteiger partial charge in [-0.05, 0) is 0 Å². The van der Waals surface area contributed by atoms with Crippen LogP contribution in [0.15, 0.2) is 21.9 Å². The van der Waals surface area contributed by atoms with E-state index < -0.39 is 95.1 Å². The van der Waals surface area contributed by atoms with E-state index in [1.807, 2.05) is 4.98 Å². The number of phosphoric acid groups is 2. The van der Waals surface area contributed by atoms with Crippen molar-refractivity contribution in [2.24, 2.45) is 0 Å². The lowest BCUT2D eigenvalue weighted by molar-refractivity contribution is -0.163. The zero-order valence-electron chi connectivity index (χ0n) is 18.1. The van der Waals surface area contributed by atoms with Gasteiger partial charge >= 0.3 is 21.3 Å². The summed E-state index contributed by atoms with van der Waals surface area (Å²) >= 11 is 0. The average Bonchev–Trinajstić information content (AvgIpc) is 3.22. The molecule has 0 amide bonds. The fourth-order valence-corrected chi connectivity index (χ4v) is 5.62. The highest BCUT2D eigenvalue weighted by Gasteiger charge is 2.52. The lowest BCUT2D eigenvalue weighted by Gasteiger charge is -2.24. The second-order valence-corrected chi connectivity index (χ2v) is 10.7. The number of hydrogen-bond acceptors (Lipinski definition) is 15. The van der Waals surface area contributed by atoms with Crippen molar-refractivity contribution < 1.29 is 76.8 Å². The zero-order chi connectivity index (χ0) is 27.9. The van der Waals surface area contributed by atoms with Crippen molar-refractivity contribution in [3.63, 3.8) is 0 Å². The number of ether oxygens (including phenoxy) is 2. The van der Waals surface area contributed by atoms with E-state index in [-0.39, 0.29) is 0 Å². The molecule has 212 valence electrons. The van der Waals surface area contributed by atoms with Gasteiger partial charge in [-0.2, -0.15) is 4.31 Å². The molecule has 3 unspecified atom stereocenters. The highest BCUT2D eigenvalue weighted by Crippen LogP contribution is 2.62. The van der Waals surface area contributed by atoms with Gasteiger partial charge in [0.1, 0.15) is 49.4 Å². The van der Waals surface area contributed by atoms with Crippen molar-refractivity contribution >= 4 is 15.6 Å². The van der Waals surface area contributed by atoms with Gasteiger partial charge in [0, 0.05) is 12.3 Å². The largest absolute Gasteiger partial charge is 0.483 e. The van der Waals surface area contributed by atoms with Crippen molar-refractivity contribution in [1.82, 2.24) is 9.55 Å². The molecule has 0 spiro atoms. The first-order valence-electron chi connectivity index (χ1n) is 10.1. The van der Waals surface area contributed by atoms with Crippen LogP contribution in [0.3, 0.4) is 0 Å². The summed E-state index contributed by atoms with van der Waals surface area (Å²) < 4.78 is 59.9. The molecule has 12 atom stereocenters. The van der Waals surface area contributed by atoms with E-state index in [1.165, 1.54) is 0 Å². The standard InChI is InChI=1S/C15H23FN2O17P2/c16-3-4(19)10-7(22)9(24)14(32-10)34-37(29,30)35-36(27,28)33-13(25)11-6(21)8(23)12(31-11)18-2-1-5(20)17-15(18)26/h1-2,4,6-14,19,21-25H,3H2,(H,27,28)(H,29,30)(H,17,20,26)/t4-,6+,7-,8-,9-,10+,11+,12-,13?,14-/m1/s1. The number of nitrogens with one attached hydrogen (secondary N) is 1. The molecule has 1 aromatic rings. The van der Waals surface area contributed by atoms with Crippen molar-refractivity contribution in [3.8, 4) is 0 Å². The van der Waals surface area contributed by atoms with Gasteiger partial charge in [0.15, 0.2) is 18.8 Å². The molecule has 0 aliphatic carbocycles. The van der Waals surface area contributed by atoms with Gasteiger partial charge in [-0.3, -0.25) is 23.4 Å². The Kier molecular flexibility index (Phi) is 9.23. The summed E-state index contributed by atoms with van der Waals surface area (Å²) in [5.74, 6) is 0. The van der Waals surface area contributed by atoms with Crippen LogP contribution in [0.5, 0.6) is 0 Å². The number of rotatable bonds is 10. The zero-order valence-corrected chi connectivity index (χ0v) is 19.9.